The van der Waals surface area contributed by atoms with Gasteiger partial charge in [-0.3, -0.25) is 14.4 Å². The Morgan fingerprint density at radius 2 is 0.582 bits per heavy atom. The van der Waals surface area contributed by atoms with Gasteiger partial charge < -0.3 is 14.2 Å². The number of hydrogen-bond donors (Lipinski definition) is 0. The van der Waals surface area contributed by atoms with Crippen molar-refractivity contribution in [3.05, 3.63) is 60.8 Å². The molecule has 1 atom stereocenters. The Morgan fingerprint density at radius 3 is 0.925 bits per heavy atom. The van der Waals surface area contributed by atoms with E-state index in [1.54, 1.807) is 0 Å². The van der Waals surface area contributed by atoms with Gasteiger partial charge in [0.05, 0.1) is 0 Å². The molecular formula is C61H108O6. The molecule has 0 saturated carbocycles. The van der Waals surface area contributed by atoms with E-state index in [9.17, 15) is 14.4 Å². The molecule has 388 valence electrons. The number of allylic oxidation sites excluding steroid dienone is 10. The number of rotatable bonds is 52. The molecule has 0 saturated heterocycles. The molecule has 0 radical (unpaired) electrons. The maximum absolute atomic E-state index is 12.9. The van der Waals surface area contributed by atoms with Crippen LogP contribution in [0.1, 0.15) is 290 Å². The number of carbonyl (C=O) groups is 3. The first kappa shape index (κ1) is 64.1. The van der Waals surface area contributed by atoms with Crippen molar-refractivity contribution in [2.75, 3.05) is 13.2 Å². The second kappa shape index (κ2) is 55.7. The predicted molar refractivity (Wildman–Crippen MR) is 288 cm³/mol. The fourth-order valence-electron chi connectivity index (χ4n) is 8.19. The fraction of sp³-hybridized carbons (Fsp3) is 0.787. The largest absolute Gasteiger partial charge is 0.462 e. The van der Waals surface area contributed by atoms with Crippen LogP contribution in [0.25, 0.3) is 0 Å². The number of unbranched alkanes of at least 4 members (excludes halogenated alkanes) is 31. The van der Waals surface area contributed by atoms with Crippen LogP contribution in [0.4, 0.5) is 0 Å². The van der Waals surface area contributed by atoms with Gasteiger partial charge in [0, 0.05) is 19.3 Å². The van der Waals surface area contributed by atoms with Gasteiger partial charge in [-0.05, 0) is 83.5 Å². The topological polar surface area (TPSA) is 78.9 Å². The highest BCUT2D eigenvalue weighted by Gasteiger charge is 2.19. The van der Waals surface area contributed by atoms with E-state index in [0.717, 1.165) is 96.3 Å². The minimum atomic E-state index is -0.785. The van der Waals surface area contributed by atoms with E-state index < -0.39 is 6.10 Å². The second-order valence-electron chi connectivity index (χ2n) is 19.2. The highest BCUT2D eigenvalue weighted by molar-refractivity contribution is 5.71. The Kier molecular flexibility index (Phi) is 53.3. The third-order valence-electron chi connectivity index (χ3n) is 12.5. The quantitative estimate of drug-likeness (QED) is 0.0262. The van der Waals surface area contributed by atoms with Crippen molar-refractivity contribution in [1.29, 1.82) is 0 Å². The number of hydrogen-bond acceptors (Lipinski definition) is 6. The lowest BCUT2D eigenvalue weighted by atomic mass is 10.0. The van der Waals surface area contributed by atoms with E-state index in [-0.39, 0.29) is 31.1 Å². The van der Waals surface area contributed by atoms with Crippen LogP contribution in [0.5, 0.6) is 0 Å². The SMILES string of the molecule is CC/C=C\C/C=C\C/C=C\C/C=C\CCCCCCC(=O)OC[C@H](COC(=O)CCCCCCCCCCCCCCCCC)OC(=O)CCCCCCCCC/C=C\CCCCCCCC. The van der Waals surface area contributed by atoms with Gasteiger partial charge >= 0.3 is 17.9 Å². The maximum Gasteiger partial charge on any atom is 0.306 e. The van der Waals surface area contributed by atoms with E-state index in [1.165, 1.54) is 154 Å². The van der Waals surface area contributed by atoms with Crippen LogP contribution >= 0.6 is 0 Å². The summed E-state index contributed by atoms with van der Waals surface area (Å²) in [4.78, 5) is 38.2. The van der Waals surface area contributed by atoms with Gasteiger partial charge in [0.2, 0.25) is 0 Å². The summed E-state index contributed by atoms with van der Waals surface area (Å²) >= 11 is 0. The van der Waals surface area contributed by atoms with Gasteiger partial charge in [-0.25, -0.2) is 0 Å². The summed E-state index contributed by atoms with van der Waals surface area (Å²) in [6.07, 6.45) is 69.2. The first-order chi connectivity index (χ1) is 33.0. The van der Waals surface area contributed by atoms with Gasteiger partial charge in [-0.2, -0.15) is 0 Å². The second-order valence-corrected chi connectivity index (χ2v) is 19.2. The summed E-state index contributed by atoms with van der Waals surface area (Å²) in [7, 11) is 0. The maximum atomic E-state index is 12.9. The van der Waals surface area contributed by atoms with E-state index >= 15 is 0 Å². The Hall–Kier alpha value is -2.89. The van der Waals surface area contributed by atoms with Crippen molar-refractivity contribution < 1.29 is 28.6 Å². The summed E-state index contributed by atoms with van der Waals surface area (Å²) in [6.45, 7) is 6.53. The van der Waals surface area contributed by atoms with Crippen molar-refractivity contribution >= 4 is 17.9 Å². The molecule has 0 heterocycles. The van der Waals surface area contributed by atoms with Gasteiger partial charge in [0.1, 0.15) is 13.2 Å². The van der Waals surface area contributed by atoms with Crippen molar-refractivity contribution in [3.63, 3.8) is 0 Å². The van der Waals surface area contributed by atoms with Crippen LogP contribution in [-0.4, -0.2) is 37.2 Å². The molecule has 0 bridgehead atoms. The summed E-state index contributed by atoms with van der Waals surface area (Å²) < 4.78 is 16.9. The van der Waals surface area contributed by atoms with Crippen LogP contribution in [0, 0.1) is 0 Å². The monoisotopic (exact) mass is 937 g/mol. The average molecular weight is 938 g/mol. The molecular weight excluding hydrogens is 829 g/mol. The highest BCUT2D eigenvalue weighted by atomic mass is 16.6. The zero-order chi connectivity index (χ0) is 48.6. The molecule has 0 aromatic rings. The summed E-state index contributed by atoms with van der Waals surface area (Å²) in [5, 5.41) is 0. The molecule has 0 aliphatic heterocycles. The minimum absolute atomic E-state index is 0.0812. The molecule has 0 rings (SSSR count). The van der Waals surface area contributed by atoms with Gasteiger partial charge in [-0.15, -0.1) is 0 Å². The minimum Gasteiger partial charge on any atom is -0.462 e. The van der Waals surface area contributed by atoms with Gasteiger partial charge in [0.15, 0.2) is 6.10 Å². The molecule has 0 aliphatic carbocycles. The fourth-order valence-corrected chi connectivity index (χ4v) is 8.19. The molecule has 0 aromatic carbocycles. The molecule has 0 unspecified atom stereocenters. The van der Waals surface area contributed by atoms with Crippen LogP contribution in [0.2, 0.25) is 0 Å². The Morgan fingerprint density at radius 1 is 0.313 bits per heavy atom. The van der Waals surface area contributed by atoms with E-state index in [4.69, 9.17) is 14.2 Å². The molecule has 0 aliphatic rings. The first-order valence-corrected chi connectivity index (χ1v) is 28.8. The molecule has 6 heteroatoms. The smallest absolute Gasteiger partial charge is 0.306 e. The predicted octanol–water partition coefficient (Wildman–Crippen LogP) is 19.2. The van der Waals surface area contributed by atoms with Crippen molar-refractivity contribution in [2.45, 2.75) is 297 Å². The van der Waals surface area contributed by atoms with Crippen molar-refractivity contribution in [2.24, 2.45) is 0 Å². The van der Waals surface area contributed by atoms with Crippen LogP contribution in [-0.2, 0) is 28.6 Å². The van der Waals surface area contributed by atoms with Crippen LogP contribution < -0.4 is 0 Å². The third-order valence-corrected chi connectivity index (χ3v) is 12.5. The van der Waals surface area contributed by atoms with E-state index in [0.29, 0.717) is 19.3 Å². The molecule has 0 amide bonds. The number of ether oxygens (including phenoxy) is 3. The lowest BCUT2D eigenvalue weighted by Gasteiger charge is -2.18. The van der Waals surface area contributed by atoms with Crippen LogP contribution in [0.3, 0.4) is 0 Å². The van der Waals surface area contributed by atoms with Gasteiger partial charge in [-0.1, -0.05) is 248 Å². The standard InChI is InChI=1S/C61H108O6/c1-4-7-10-13-16-19-22-25-28-30-33-36-39-42-45-48-51-54-60(63)66-57-58(56-65-59(62)53-50-47-44-41-38-35-32-27-24-21-18-15-12-9-6-3)67-61(64)55-52-49-46-43-40-37-34-31-29-26-23-20-17-14-11-8-5-2/h7,10,16,19,25-26,28-29,33,36,58H,4-6,8-9,11-15,17-18,20-24,27,30-32,34-35,37-57H2,1-3H3/b10-7-,19-16-,28-25-,29-26-,36-33-/t58-/m0/s1. The van der Waals surface area contributed by atoms with Crippen molar-refractivity contribution in [1.82, 2.24) is 0 Å². The highest BCUT2D eigenvalue weighted by Crippen LogP contribution is 2.16. The van der Waals surface area contributed by atoms with Gasteiger partial charge in [0.25, 0.3) is 0 Å². The van der Waals surface area contributed by atoms with Crippen molar-refractivity contribution in [3.8, 4) is 0 Å². The molecule has 0 fully saturated rings. The lowest BCUT2D eigenvalue weighted by molar-refractivity contribution is -0.167. The van der Waals surface area contributed by atoms with Crippen LogP contribution in [0.15, 0.2) is 60.8 Å². The molecule has 0 spiro atoms. The average Bonchev–Trinajstić information content (AvgIpc) is 3.33. The normalized spacial score (nSPS) is 12.5. The van der Waals surface area contributed by atoms with E-state index in [2.05, 4.69) is 81.5 Å². The number of esters is 3. The molecule has 67 heavy (non-hydrogen) atoms. The third kappa shape index (κ3) is 53.9. The number of carbonyl (C=O) groups excluding carboxylic acids is 3. The summed E-state index contributed by atoms with van der Waals surface area (Å²) in [5.41, 5.74) is 0. The first-order valence-electron chi connectivity index (χ1n) is 28.8. The Labute approximate surface area is 415 Å². The Balaban J connectivity index is 4.41. The Bertz CT molecular complexity index is 1210. The zero-order valence-electron chi connectivity index (χ0n) is 44.4. The lowest BCUT2D eigenvalue weighted by Crippen LogP contribution is -2.30. The van der Waals surface area contributed by atoms with E-state index in [1.807, 2.05) is 0 Å². The zero-order valence-corrected chi connectivity index (χ0v) is 44.4. The summed E-state index contributed by atoms with van der Waals surface area (Å²) in [6, 6.07) is 0. The molecule has 0 N–H and O–H groups in total. The molecule has 0 aromatic heterocycles. The summed E-state index contributed by atoms with van der Waals surface area (Å²) in [5.74, 6) is -0.898. The molecule has 6 nitrogen and oxygen atoms in total.